The number of nitrogens with zero attached hydrogens (tertiary/aromatic N) is 3. The predicted molar refractivity (Wildman–Crippen MR) is 75.2 cm³/mol. The molecule has 2 aliphatic rings. The Labute approximate surface area is 113 Å². The first-order valence-corrected chi connectivity index (χ1v) is 7.76. The van der Waals surface area contributed by atoms with Crippen LogP contribution in [-0.2, 0) is 0 Å². The molecule has 0 radical (unpaired) electrons. The van der Waals surface area contributed by atoms with E-state index in [2.05, 4.69) is 40.3 Å². The van der Waals surface area contributed by atoms with Gasteiger partial charge in [-0.3, -0.25) is 4.90 Å². The second-order valence-electron chi connectivity index (χ2n) is 5.97. The Bertz CT molecular complexity index is 413. The predicted octanol–water partition coefficient (Wildman–Crippen LogP) is 2.70. The van der Waals surface area contributed by atoms with Crippen LogP contribution in [0.5, 0.6) is 0 Å². The first-order chi connectivity index (χ1) is 8.63. The van der Waals surface area contributed by atoms with Crippen LogP contribution in [0.25, 0.3) is 0 Å². The van der Waals surface area contributed by atoms with E-state index < -0.39 is 0 Å². The van der Waals surface area contributed by atoms with Gasteiger partial charge in [0.05, 0.1) is 0 Å². The van der Waals surface area contributed by atoms with Gasteiger partial charge in [0.25, 0.3) is 0 Å². The van der Waals surface area contributed by atoms with Gasteiger partial charge in [0.1, 0.15) is 5.82 Å². The maximum Gasteiger partial charge on any atom is 0.202 e. The van der Waals surface area contributed by atoms with Crippen molar-refractivity contribution in [1.29, 1.82) is 0 Å². The van der Waals surface area contributed by atoms with Crippen molar-refractivity contribution in [2.24, 2.45) is 0 Å². The molecular weight excluding hydrogens is 244 g/mol. The van der Waals surface area contributed by atoms with Gasteiger partial charge in [0, 0.05) is 42.1 Å². The minimum Gasteiger partial charge on any atom is -0.356 e. The van der Waals surface area contributed by atoms with Gasteiger partial charge < -0.3 is 5.32 Å². The van der Waals surface area contributed by atoms with Crippen molar-refractivity contribution < 1.29 is 0 Å². The molecule has 4 nitrogen and oxygen atoms in total. The Morgan fingerprint density at radius 2 is 2.17 bits per heavy atom. The van der Waals surface area contributed by atoms with E-state index in [0.29, 0.717) is 18.0 Å². The fourth-order valence-electron chi connectivity index (χ4n) is 2.78. The molecule has 2 heterocycles. The third kappa shape index (κ3) is 2.52. The maximum atomic E-state index is 4.56. The number of hydrogen-bond acceptors (Lipinski definition) is 5. The number of hydrogen-bond donors (Lipinski definition) is 1. The van der Waals surface area contributed by atoms with E-state index >= 15 is 0 Å². The lowest BCUT2D eigenvalue weighted by Crippen LogP contribution is -2.30. The van der Waals surface area contributed by atoms with Gasteiger partial charge in [0.15, 0.2) is 0 Å². The summed E-state index contributed by atoms with van der Waals surface area (Å²) in [4.78, 5) is 7.22. The molecule has 0 aromatic carbocycles. The van der Waals surface area contributed by atoms with E-state index in [9.17, 15) is 0 Å². The molecule has 100 valence electrons. The minimum atomic E-state index is 0.419. The summed E-state index contributed by atoms with van der Waals surface area (Å²) in [7, 11) is 0. The van der Waals surface area contributed by atoms with Crippen molar-refractivity contribution in [2.45, 2.75) is 64.1 Å². The highest BCUT2D eigenvalue weighted by atomic mass is 32.1. The molecule has 3 rings (SSSR count). The molecule has 1 aromatic heterocycles. The van der Waals surface area contributed by atoms with Crippen molar-refractivity contribution in [3.05, 3.63) is 5.82 Å². The lowest BCUT2D eigenvalue weighted by Gasteiger charge is -2.19. The number of likely N-dealkylation sites (tertiary alicyclic amines) is 1. The Kier molecular flexibility index (Phi) is 3.28. The largest absolute Gasteiger partial charge is 0.356 e. The van der Waals surface area contributed by atoms with Gasteiger partial charge in [-0.05, 0) is 26.2 Å². The van der Waals surface area contributed by atoms with E-state index in [0.717, 1.165) is 17.0 Å². The third-order valence-electron chi connectivity index (χ3n) is 3.92. The van der Waals surface area contributed by atoms with E-state index in [-0.39, 0.29) is 0 Å². The average molecular weight is 266 g/mol. The second kappa shape index (κ2) is 4.78. The van der Waals surface area contributed by atoms with Crippen molar-refractivity contribution in [3.8, 4) is 0 Å². The zero-order chi connectivity index (χ0) is 12.7. The van der Waals surface area contributed by atoms with Crippen LogP contribution < -0.4 is 5.32 Å². The summed E-state index contributed by atoms with van der Waals surface area (Å²) in [5, 5.41) is 4.56. The molecule has 1 saturated heterocycles. The molecule has 0 spiro atoms. The zero-order valence-corrected chi connectivity index (χ0v) is 12.2. The third-order valence-corrected chi connectivity index (χ3v) is 4.59. The van der Waals surface area contributed by atoms with Crippen LogP contribution in [0.2, 0.25) is 0 Å². The molecule has 2 atom stereocenters. The molecule has 2 fully saturated rings. The SMILES string of the molecule is CC(C)c1nsc(NC2CC(C)N(C3CC3)C2)n1. The molecule has 0 bridgehead atoms. The summed E-state index contributed by atoms with van der Waals surface area (Å²) in [5.41, 5.74) is 0. The molecule has 5 heteroatoms. The molecule has 1 aromatic rings. The Balaban J connectivity index is 1.59. The van der Waals surface area contributed by atoms with Crippen LogP contribution in [0.1, 0.15) is 51.8 Å². The fourth-order valence-corrected chi connectivity index (χ4v) is 3.56. The van der Waals surface area contributed by atoms with E-state index in [1.54, 1.807) is 0 Å². The highest BCUT2D eigenvalue weighted by molar-refractivity contribution is 7.09. The fraction of sp³-hybridized carbons (Fsp3) is 0.846. The minimum absolute atomic E-state index is 0.419. The highest BCUT2D eigenvalue weighted by Gasteiger charge is 2.38. The summed E-state index contributed by atoms with van der Waals surface area (Å²) in [6.45, 7) is 7.79. The monoisotopic (exact) mass is 266 g/mol. The molecule has 1 aliphatic heterocycles. The summed E-state index contributed by atoms with van der Waals surface area (Å²) in [6, 6.07) is 2.13. The summed E-state index contributed by atoms with van der Waals surface area (Å²) < 4.78 is 4.40. The van der Waals surface area contributed by atoms with Gasteiger partial charge >= 0.3 is 0 Å². The first-order valence-electron chi connectivity index (χ1n) is 6.99. The van der Waals surface area contributed by atoms with Crippen LogP contribution in [0.3, 0.4) is 0 Å². The van der Waals surface area contributed by atoms with E-state index in [1.807, 2.05) is 0 Å². The maximum absolute atomic E-state index is 4.56. The average Bonchev–Trinajstić information content (AvgIpc) is 2.94. The van der Waals surface area contributed by atoms with Crippen molar-refractivity contribution in [2.75, 3.05) is 11.9 Å². The Hall–Kier alpha value is -0.680. The molecule has 1 aliphatic carbocycles. The van der Waals surface area contributed by atoms with E-state index in [1.165, 1.54) is 37.3 Å². The van der Waals surface area contributed by atoms with E-state index in [4.69, 9.17) is 0 Å². The Morgan fingerprint density at radius 1 is 1.39 bits per heavy atom. The topological polar surface area (TPSA) is 41.1 Å². The van der Waals surface area contributed by atoms with Gasteiger partial charge in [-0.15, -0.1) is 0 Å². The van der Waals surface area contributed by atoms with Gasteiger partial charge in [-0.2, -0.15) is 4.37 Å². The lowest BCUT2D eigenvalue weighted by atomic mass is 10.2. The number of aromatic nitrogens is 2. The van der Waals surface area contributed by atoms with Crippen LogP contribution in [-0.4, -0.2) is 38.9 Å². The summed E-state index contributed by atoms with van der Waals surface area (Å²) >= 11 is 1.50. The van der Waals surface area contributed by atoms with Gasteiger partial charge in [-0.1, -0.05) is 13.8 Å². The van der Waals surface area contributed by atoms with Gasteiger partial charge in [-0.25, -0.2) is 4.98 Å². The van der Waals surface area contributed by atoms with Crippen LogP contribution in [0.15, 0.2) is 0 Å². The molecule has 0 amide bonds. The summed E-state index contributed by atoms with van der Waals surface area (Å²) in [6.07, 6.45) is 4.02. The normalized spacial score (nSPS) is 29.1. The Morgan fingerprint density at radius 3 is 2.78 bits per heavy atom. The van der Waals surface area contributed by atoms with Gasteiger partial charge in [0.2, 0.25) is 5.13 Å². The summed E-state index contributed by atoms with van der Waals surface area (Å²) in [5.74, 6) is 1.38. The molecule has 18 heavy (non-hydrogen) atoms. The molecule has 1 saturated carbocycles. The highest BCUT2D eigenvalue weighted by Crippen LogP contribution is 2.34. The first kappa shape index (κ1) is 12.4. The quantitative estimate of drug-likeness (QED) is 0.909. The standard InChI is InChI=1S/C13H22N4S/c1-8(2)12-15-13(18-16-12)14-10-6-9(3)17(7-10)11-4-5-11/h8-11H,4-7H2,1-3H3,(H,14,15,16). The molecule has 2 unspecified atom stereocenters. The van der Waals surface area contributed by atoms with Crippen molar-refractivity contribution in [1.82, 2.24) is 14.3 Å². The van der Waals surface area contributed by atoms with Crippen molar-refractivity contribution >= 4 is 16.7 Å². The number of anilines is 1. The second-order valence-corrected chi connectivity index (χ2v) is 6.72. The lowest BCUT2D eigenvalue weighted by molar-refractivity contribution is 0.257. The number of rotatable bonds is 4. The van der Waals surface area contributed by atoms with Crippen molar-refractivity contribution in [3.63, 3.8) is 0 Å². The number of nitrogens with one attached hydrogen (secondary N) is 1. The van der Waals surface area contributed by atoms with Crippen LogP contribution in [0, 0.1) is 0 Å². The smallest absolute Gasteiger partial charge is 0.202 e. The molecular formula is C13H22N4S. The molecule has 1 N–H and O–H groups in total. The van der Waals surface area contributed by atoms with Crippen LogP contribution in [0.4, 0.5) is 5.13 Å². The van der Waals surface area contributed by atoms with Crippen LogP contribution >= 0.6 is 11.5 Å². The zero-order valence-electron chi connectivity index (χ0n) is 11.4.